The number of nitrogens with zero attached hydrogens (tertiary/aromatic N) is 2. The highest BCUT2D eigenvalue weighted by Gasteiger charge is 2.27. The van der Waals surface area contributed by atoms with Crippen LogP contribution in [0, 0.1) is 0 Å². The summed E-state index contributed by atoms with van der Waals surface area (Å²) in [5.41, 5.74) is 0. The molecule has 4 heteroatoms. The molecule has 0 bridgehead atoms. The molecule has 4 nitrogen and oxygen atoms in total. The first-order valence-corrected chi connectivity index (χ1v) is 5.77. The van der Waals surface area contributed by atoms with Crippen molar-refractivity contribution in [2.75, 3.05) is 26.2 Å². The van der Waals surface area contributed by atoms with E-state index >= 15 is 0 Å². The second-order valence-corrected chi connectivity index (χ2v) is 4.43. The highest BCUT2D eigenvalue weighted by Crippen LogP contribution is 2.11. The molecule has 1 fully saturated rings. The van der Waals surface area contributed by atoms with Gasteiger partial charge in [-0.05, 0) is 20.3 Å². The molecule has 0 aliphatic carbocycles. The van der Waals surface area contributed by atoms with Crippen LogP contribution in [0.4, 0.5) is 0 Å². The molecule has 0 aromatic heterocycles. The largest absolute Gasteiger partial charge is 0.480 e. The summed E-state index contributed by atoms with van der Waals surface area (Å²) in [5, 5.41) is 9.05. The minimum absolute atomic E-state index is 0.292. The Balaban J connectivity index is 2.45. The Morgan fingerprint density at radius 3 is 2.00 bits per heavy atom. The van der Waals surface area contributed by atoms with Gasteiger partial charge in [-0.25, -0.2) is 0 Å². The Hall–Kier alpha value is -0.610. The van der Waals surface area contributed by atoms with Crippen LogP contribution in [0.3, 0.4) is 0 Å². The summed E-state index contributed by atoms with van der Waals surface area (Å²) >= 11 is 0. The molecule has 15 heavy (non-hydrogen) atoms. The van der Waals surface area contributed by atoms with Crippen LogP contribution in [0.1, 0.15) is 27.2 Å². The first kappa shape index (κ1) is 12.5. The molecule has 1 unspecified atom stereocenters. The van der Waals surface area contributed by atoms with E-state index in [0.29, 0.717) is 12.5 Å². The number of aliphatic carboxylic acids is 1. The topological polar surface area (TPSA) is 43.8 Å². The minimum atomic E-state index is -0.685. The summed E-state index contributed by atoms with van der Waals surface area (Å²) in [6.45, 7) is 10.0. The molecule has 1 rings (SSSR count). The van der Waals surface area contributed by atoms with Crippen LogP contribution < -0.4 is 0 Å². The van der Waals surface area contributed by atoms with E-state index in [4.69, 9.17) is 5.11 Å². The SMILES string of the molecule is CCC(C(=O)O)N1CCN(C(C)C)CC1. The van der Waals surface area contributed by atoms with Crippen molar-refractivity contribution in [3.8, 4) is 0 Å². The molecule has 1 heterocycles. The van der Waals surface area contributed by atoms with Gasteiger partial charge in [-0.1, -0.05) is 6.92 Å². The second kappa shape index (κ2) is 5.47. The lowest BCUT2D eigenvalue weighted by atomic mass is 10.1. The fraction of sp³-hybridized carbons (Fsp3) is 0.909. The number of hydrogen-bond donors (Lipinski definition) is 1. The third kappa shape index (κ3) is 3.18. The number of carboxylic acids is 1. The van der Waals surface area contributed by atoms with Crippen LogP contribution in [0.5, 0.6) is 0 Å². The van der Waals surface area contributed by atoms with Gasteiger partial charge in [0, 0.05) is 32.2 Å². The fourth-order valence-electron chi connectivity index (χ4n) is 2.15. The maximum absolute atomic E-state index is 11.0. The average molecular weight is 214 g/mol. The minimum Gasteiger partial charge on any atom is -0.480 e. The zero-order valence-electron chi connectivity index (χ0n) is 9.94. The normalized spacial score (nSPS) is 21.9. The van der Waals surface area contributed by atoms with Gasteiger partial charge < -0.3 is 5.11 Å². The van der Waals surface area contributed by atoms with E-state index in [1.807, 2.05) is 6.92 Å². The summed E-state index contributed by atoms with van der Waals surface area (Å²) < 4.78 is 0. The molecule has 1 N–H and O–H groups in total. The molecular formula is C11H22N2O2. The van der Waals surface area contributed by atoms with E-state index in [0.717, 1.165) is 26.2 Å². The first-order chi connectivity index (χ1) is 7.06. The lowest BCUT2D eigenvalue weighted by molar-refractivity contribution is -0.144. The van der Waals surface area contributed by atoms with Gasteiger partial charge in [0.25, 0.3) is 0 Å². The van der Waals surface area contributed by atoms with Crippen molar-refractivity contribution < 1.29 is 9.90 Å². The molecule has 88 valence electrons. The van der Waals surface area contributed by atoms with E-state index in [1.165, 1.54) is 0 Å². The molecule has 0 aromatic rings. The number of carboxylic acid groups (broad SMARTS) is 1. The molecule has 0 spiro atoms. The Morgan fingerprint density at radius 2 is 1.67 bits per heavy atom. The quantitative estimate of drug-likeness (QED) is 0.754. The fourth-order valence-corrected chi connectivity index (χ4v) is 2.15. The van der Waals surface area contributed by atoms with E-state index < -0.39 is 5.97 Å². The summed E-state index contributed by atoms with van der Waals surface area (Å²) in [6, 6.07) is 0.274. The monoisotopic (exact) mass is 214 g/mol. The van der Waals surface area contributed by atoms with Gasteiger partial charge >= 0.3 is 5.97 Å². The van der Waals surface area contributed by atoms with Crippen LogP contribution >= 0.6 is 0 Å². The van der Waals surface area contributed by atoms with Crippen molar-refractivity contribution in [2.24, 2.45) is 0 Å². The van der Waals surface area contributed by atoms with Gasteiger partial charge in [0.2, 0.25) is 0 Å². The number of piperazine rings is 1. The van der Waals surface area contributed by atoms with Crippen molar-refractivity contribution >= 4 is 5.97 Å². The van der Waals surface area contributed by atoms with E-state index in [-0.39, 0.29) is 6.04 Å². The zero-order chi connectivity index (χ0) is 11.4. The van der Waals surface area contributed by atoms with Crippen LogP contribution in [0.25, 0.3) is 0 Å². The molecule has 0 radical (unpaired) electrons. The second-order valence-electron chi connectivity index (χ2n) is 4.43. The van der Waals surface area contributed by atoms with Gasteiger partial charge in [-0.3, -0.25) is 14.6 Å². The van der Waals surface area contributed by atoms with Crippen LogP contribution in [0.2, 0.25) is 0 Å². The van der Waals surface area contributed by atoms with Crippen molar-refractivity contribution in [2.45, 2.75) is 39.3 Å². The average Bonchev–Trinajstić information content (AvgIpc) is 2.19. The molecule has 1 atom stereocenters. The Kier molecular flexibility index (Phi) is 4.54. The van der Waals surface area contributed by atoms with Gasteiger partial charge in [-0.2, -0.15) is 0 Å². The predicted molar refractivity (Wildman–Crippen MR) is 60.0 cm³/mol. The smallest absolute Gasteiger partial charge is 0.320 e. The number of hydrogen-bond acceptors (Lipinski definition) is 3. The standard InChI is InChI=1S/C11H22N2O2/c1-4-10(11(14)15)13-7-5-12(6-8-13)9(2)3/h9-10H,4-8H2,1-3H3,(H,14,15). The summed E-state index contributed by atoms with van der Waals surface area (Å²) in [5.74, 6) is -0.685. The maximum Gasteiger partial charge on any atom is 0.320 e. The number of rotatable bonds is 4. The first-order valence-electron chi connectivity index (χ1n) is 5.77. The van der Waals surface area contributed by atoms with Gasteiger partial charge in [0.15, 0.2) is 0 Å². The van der Waals surface area contributed by atoms with Crippen LogP contribution in [-0.2, 0) is 4.79 Å². The van der Waals surface area contributed by atoms with E-state index in [9.17, 15) is 4.79 Å². The van der Waals surface area contributed by atoms with Crippen molar-refractivity contribution in [1.29, 1.82) is 0 Å². The third-order valence-electron chi connectivity index (χ3n) is 3.19. The van der Waals surface area contributed by atoms with Gasteiger partial charge in [0.05, 0.1) is 0 Å². The van der Waals surface area contributed by atoms with Crippen molar-refractivity contribution in [3.05, 3.63) is 0 Å². The Labute approximate surface area is 91.9 Å². The maximum atomic E-state index is 11.0. The van der Waals surface area contributed by atoms with Gasteiger partial charge in [-0.15, -0.1) is 0 Å². The molecule has 0 amide bonds. The summed E-state index contributed by atoms with van der Waals surface area (Å²) in [4.78, 5) is 15.5. The third-order valence-corrected chi connectivity index (χ3v) is 3.19. The van der Waals surface area contributed by atoms with E-state index in [2.05, 4.69) is 23.6 Å². The molecule has 0 aromatic carbocycles. The number of carbonyl (C=O) groups is 1. The molecule has 1 aliphatic rings. The summed E-state index contributed by atoms with van der Waals surface area (Å²) in [7, 11) is 0. The predicted octanol–water partition coefficient (Wildman–Crippen LogP) is 0.876. The van der Waals surface area contributed by atoms with Crippen molar-refractivity contribution in [1.82, 2.24) is 9.80 Å². The molecule has 0 saturated carbocycles. The molecule has 1 saturated heterocycles. The highest BCUT2D eigenvalue weighted by molar-refractivity contribution is 5.73. The molecular weight excluding hydrogens is 192 g/mol. The Bertz CT molecular complexity index is 211. The van der Waals surface area contributed by atoms with Gasteiger partial charge in [0.1, 0.15) is 6.04 Å². The zero-order valence-corrected chi connectivity index (χ0v) is 9.94. The Morgan fingerprint density at radius 1 is 1.20 bits per heavy atom. The van der Waals surface area contributed by atoms with Crippen molar-refractivity contribution in [3.63, 3.8) is 0 Å². The lowest BCUT2D eigenvalue weighted by Crippen LogP contribution is -2.53. The van der Waals surface area contributed by atoms with Crippen LogP contribution in [-0.4, -0.2) is 59.1 Å². The van der Waals surface area contributed by atoms with E-state index in [1.54, 1.807) is 0 Å². The summed E-state index contributed by atoms with van der Waals surface area (Å²) in [6.07, 6.45) is 0.691. The lowest BCUT2D eigenvalue weighted by Gasteiger charge is -2.39. The highest BCUT2D eigenvalue weighted by atomic mass is 16.4. The van der Waals surface area contributed by atoms with Crippen LogP contribution in [0.15, 0.2) is 0 Å². The molecule has 1 aliphatic heterocycles.